The Kier molecular flexibility index (Phi) is 3.58. The summed E-state index contributed by atoms with van der Waals surface area (Å²) in [6, 6.07) is 5.86. The van der Waals surface area contributed by atoms with E-state index in [9.17, 15) is 0 Å². The number of hydrazone groups is 1. The summed E-state index contributed by atoms with van der Waals surface area (Å²) in [5.41, 5.74) is 4.42. The molecule has 0 spiro atoms. The Morgan fingerprint density at radius 2 is 2.00 bits per heavy atom. The third kappa shape index (κ3) is 2.71. The minimum Gasteiger partial charge on any atom is -0.261 e. The van der Waals surface area contributed by atoms with E-state index >= 15 is 0 Å². The lowest BCUT2D eigenvalue weighted by Gasteiger charge is -2.35. The van der Waals surface area contributed by atoms with Crippen LogP contribution in [0.25, 0.3) is 0 Å². The molecule has 3 rings (SSSR count). The van der Waals surface area contributed by atoms with Gasteiger partial charge in [0.15, 0.2) is 0 Å². The topological polar surface area (TPSA) is 37.3 Å². The van der Waals surface area contributed by atoms with Gasteiger partial charge in [0.05, 0.1) is 0 Å². The van der Waals surface area contributed by atoms with Crippen LogP contribution in [0.4, 0.5) is 5.82 Å². The number of aromatic nitrogens is 1. The Morgan fingerprint density at radius 3 is 2.83 bits per heavy atom. The number of rotatable bonds is 2. The van der Waals surface area contributed by atoms with Gasteiger partial charge in [-0.2, -0.15) is 5.10 Å². The maximum atomic E-state index is 4.55. The lowest BCUT2D eigenvalue weighted by molar-refractivity contribution is 0.218. The number of nitrogens with one attached hydrogen (secondary N) is 1. The molecule has 0 amide bonds. The van der Waals surface area contributed by atoms with Gasteiger partial charge in [-0.15, -0.1) is 0 Å². The molecule has 1 heterocycles. The number of nitrogens with zero attached hydrogens (tertiary/aromatic N) is 2. The van der Waals surface area contributed by atoms with Crippen molar-refractivity contribution >= 4 is 11.5 Å². The minimum atomic E-state index is 0.843. The third-order valence-corrected chi connectivity index (χ3v) is 4.36. The highest BCUT2D eigenvalue weighted by atomic mass is 15.3. The zero-order chi connectivity index (χ0) is 12.2. The Hall–Kier alpha value is -1.38. The molecule has 1 aromatic rings. The van der Waals surface area contributed by atoms with E-state index in [0.29, 0.717) is 0 Å². The first-order chi connectivity index (χ1) is 8.92. The van der Waals surface area contributed by atoms with Crippen molar-refractivity contribution in [2.24, 2.45) is 16.9 Å². The fourth-order valence-electron chi connectivity index (χ4n) is 3.36. The number of pyridine rings is 1. The molecule has 3 nitrogen and oxygen atoms in total. The van der Waals surface area contributed by atoms with Gasteiger partial charge in [0.1, 0.15) is 5.82 Å². The average Bonchev–Trinajstić information content (AvgIpc) is 2.46. The predicted octanol–water partition coefficient (Wildman–Crippen LogP) is 3.84. The van der Waals surface area contributed by atoms with Crippen LogP contribution in [0.15, 0.2) is 29.5 Å². The lowest BCUT2D eigenvalue weighted by Crippen LogP contribution is -2.28. The van der Waals surface area contributed by atoms with Crippen LogP contribution in [0.1, 0.15) is 44.9 Å². The zero-order valence-corrected chi connectivity index (χ0v) is 10.8. The summed E-state index contributed by atoms with van der Waals surface area (Å²) < 4.78 is 0. The molecule has 0 unspecified atom stereocenters. The maximum Gasteiger partial charge on any atom is 0.146 e. The molecule has 0 saturated heterocycles. The zero-order valence-electron chi connectivity index (χ0n) is 10.8. The Morgan fingerprint density at radius 1 is 1.11 bits per heavy atom. The average molecular weight is 243 g/mol. The third-order valence-electron chi connectivity index (χ3n) is 4.36. The molecule has 2 aliphatic carbocycles. The van der Waals surface area contributed by atoms with E-state index in [4.69, 9.17) is 0 Å². The molecule has 96 valence electrons. The van der Waals surface area contributed by atoms with Crippen LogP contribution in [-0.2, 0) is 0 Å². The van der Waals surface area contributed by atoms with Gasteiger partial charge < -0.3 is 0 Å². The summed E-state index contributed by atoms with van der Waals surface area (Å²) in [7, 11) is 0. The van der Waals surface area contributed by atoms with E-state index in [1.54, 1.807) is 6.20 Å². The van der Waals surface area contributed by atoms with E-state index in [0.717, 1.165) is 17.7 Å². The molecule has 2 atom stereocenters. The van der Waals surface area contributed by atoms with Crippen molar-refractivity contribution in [1.29, 1.82) is 0 Å². The highest BCUT2D eigenvalue weighted by Gasteiger charge is 2.30. The summed E-state index contributed by atoms with van der Waals surface area (Å²) in [5.74, 6) is 2.72. The SMILES string of the molecule is c1ccc(N/N=C2\CC[C@@H]3CCCC[C@H]3C2)nc1. The van der Waals surface area contributed by atoms with Gasteiger partial charge in [-0.05, 0) is 49.7 Å². The molecule has 2 saturated carbocycles. The van der Waals surface area contributed by atoms with Gasteiger partial charge in [0, 0.05) is 11.9 Å². The van der Waals surface area contributed by atoms with Gasteiger partial charge in [-0.25, -0.2) is 4.98 Å². The van der Waals surface area contributed by atoms with E-state index in [1.807, 2.05) is 18.2 Å². The molecule has 1 N–H and O–H groups in total. The summed E-state index contributed by atoms with van der Waals surface area (Å²) >= 11 is 0. The van der Waals surface area contributed by atoms with Gasteiger partial charge in [-0.1, -0.05) is 25.3 Å². The van der Waals surface area contributed by atoms with Gasteiger partial charge >= 0.3 is 0 Å². The fraction of sp³-hybridized carbons (Fsp3) is 0.600. The van der Waals surface area contributed by atoms with Crippen molar-refractivity contribution in [3.63, 3.8) is 0 Å². The highest BCUT2D eigenvalue weighted by Crippen LogP contribution is 2.39. The van der Waals surface area contributed by atoms with E-state index in [1.165, 1.54) is 50.7 Å². The molecule has 2 fully saturated rings. The van der Waals surface area contributed by atoms with Crippen molar-refractivity contribution in [3.05, 3.63) is 24.4 Å². The molecular weight excluding hydrogens is 222 g/mol. The number of hydrogen-bond acceptors (Lipinski definition) is 3. The number of hydrogen-bond donors (Lipinski definition) is 1. The molecule has 18 heavy (non-hydrogen) atoms. The van der Waals surface area contributed by atoms with Crippen LogP contribution in [0.2, 0.25) is 0 Å². The van der Waals surface area contributed by atoms with Crippen LogP contribution >= 0.6 is 0 Å². The first-order valence-corrected chi connectivity index (χ1v) is 7.14. The van der Waals surface area contributed by atoms with Crippen LogP contribution in [-0.4, -0.2) is 10.7 Å². The second kappa shape index (κ2) is 5.51. The van der Waals surface area contributed by atoms with Crippen LogP contribution in [0, 0.1) is 11.8 Å². The number of anilines is 1. The van der Waals surface area contributed by atoms with E-state index in [-0.39, 0.29) is 0 Å². The normalized spacial score (nSPS) is 29.9. The molecule has 0 bridgehead atoms. The molecule has 3 heteroatoms. The van der Waals surface area contributed by atoms with Crippen molar-refractivity contribution in [3.8, 4) is 0 Å². The summed E-state index contributed by atoms with van der Waals surface area (Å²) in [4.78, 5) is 4.23. The second-order valence-electron chi connectivity index (χ2n) is 5.55. The monoisotopic (exact) mass is 243 g/mol. The smallest absolute Gasteiger partial charge is 0.146 e. The Labute approximate surface area is 109 Å². The van der Waals surface area contributed by atoms with Crippen molar-refractivity contribution in [2.45, 2.75) is 44.9 Å². The first kappa shape index (κ1) is 11.7. The molecule has 0 radical (unpaired) electrons. The lowest BCUT2D eigenvalue weighted by atomic mass is 9.70. The fourth-order valence-corrected chi connectivity index (χ4v) is 3.36. The van der Waals surface area contributed by atoms with Gasteiger partial charge in [-0.3, -0.25) is 5.43 Å². The second-order valence-corrected chi connectivity index (χ2v) is 5.55. The first-order valence-electron chi connectivity index (χ1n) is 7.14. The minimum absolute atomic E-state index is 0.843. The van der Waals surface area contributed by atoms with Gasteiger partial charge in [0.2, 0.25) is 0 Å². The molecule has 0 aromatic carbocycles. The molecular formula is C15H21N3. The highest BCUT2D eigenvalue weighted by molar-refractivity contribution is 5.86. The van der Waals surface area contributed by atoms with Crippen LogP contribution in [0.3, 0.4) is 0 Å². The Balaban J connectivity index is 1.60. The van der Waals surface area contributed by atoms with Crippen molar-refractivity contribution in [1.82, 2.24) is 4.98 Å². The van der Waals surface area contributed by atoms with E-state index in [2.05, 4.69) is 15.5 Å². The summed E-state index contributed by atoms with van der Waals surface area (Å²) in [6.07, 6.45) is 11.2. The van der Waals surface area contributed by atoms with Crippen molar-refractivity contribution in [2.75, 3.05) is 5.43 Å². The standard InChI is InChI=1S/C15H21N3/c1-2-6-13-11-14(9-8-12(13)5-1)17-18-15-7-3-4-10-16-15/h3-4,7,10,12-13H,1-2,5-6,8-9,11H2,(H,16,18)/b17-14+/t12-,13-/m0/s1. The van der Waals surface area contributed by atoms with Crippen LogP contribution < -0.4 is 5.43 Å². The predicted molar refractivity (Wildman–Crippen MR) is 74.6 cm³/mol. The summed E-state index contributed by atoms with van der Waals surface area (Å²) in [6.45, 7) is 0. The van der Waals surface area contributed by atoms with Gasteiger partial charge in [0.25, 0.3) is 0 Å². The molecule has 2 aliphatic rings. The summed E-state index contributed by atoms with van der Waals surface area (Å²) in [5, 5.41) is 4.55. The Bertz CT molecular complexity index is 413. The number of fused-ring (bicyclic) bond motifs is 1. The maximum absolute atomic E-state index is 4.55. The van der Waals surface area contributed by atoms with E-state index < -0.39 is 0 Å². The largest absolute Gasteiger partial charge is 0.261 e. The molecule has 1 aromatic heterocycles. The quantitative estimate of drug-likeness (QED) is 0.801. The molecule has 0 aliphatic heterocycles. The van der Waals surface area contributed by atoms with Crippen molar-refractivity contribution < 1.29 is 0 Å². The van der Waals surface area contributed by atoms with Crippen LogP contribution in [0.5, 0.6) is 0 Å².